The number of hydrogen-bond donors (Lipinski definition) is 1. The van der Waals surface area contributed by atoms with Crippen LogP contribution in [0.2, 0.25) is 0 Å². The Morgan fingerprint density at radius 3 is 2.81 bits per heavy atom. The van der Waals surface area contributed by atoms with Crippen LogP contribution in [0, 0.1) is 5.82 Å². The number of unbranched alkanes of at least 4 members (excludes halogenated alkanes) is 1. The van der Waals surface area contributed by atoms with Crippen molar-refractivity contribution in [3.05, 3.63) is 56.5 Å². The maximum Gasteiger partial charge on any atom is 0.332 e. The number of aliphatic hydroxyl groups is 1. The molecule has 1 aliphatic rings. The van der Waals surface area contributed by atoms with E-state index in [9.17, 15) is 19.1 Å². The zero-order valence-electron chi connectivity index (χ0n) is 14.9. The van der Waals surface area contributed by atoms with Gasteiger partial charge in [0.2, 0.25) is 6.29 Å². The lowest BCUT2D eigenvalue weighted by atomic mass is 10.0. The van der Waals surface area contributed by atoms with E-state index in [1.807, 2.05) is 6.92 Å². The van der Waals surface area contributed by atoms with Crippen molar-refractivity contribution in [2.45, 2.75) is 32.6 Å². The molecule has 0 spiro atoms. The van der Waals surface area contributed by atoms with Crippen molar-refractivity contribution in [2.75, 3.05) is 0 Å². The van der Waals surface area contributed by atoms with Crippen LogP contribution in [0.5, 0.6) is 5.75 Å². The van der Waals surface area contributed by atoms with E-state index in [4.69, 9.17) is 4.74 Å². The van der Waals surface area contributed by atoms with Gasteiger partial charge >= 0.3 is 5.69 Å². The fourth-order valence-electron chi connectivity index (χ4n) is 3.32. The smallest absolute Gasteiger partial charge is 0.332 e. The highest BCUT2D eigenvalue weighted by molar-refractivity contribution is 5.83. The Labute approximate surface area is 153 Å². The lowest BCUT2D eigenvalue weighted by Gasteiger charge is -2.25. The number of hydrogen-bond acceptors (Lipinski definition) is 5. The predicted molar refractivity (Wildman–Crippen MR) is 97.1 cm³/mol. The summed E-state index contributed by atoms with van der Waals surface area (Å²) < 4.78 is 21.7. The van der Waals surface area contributed by atoms with Gasteiger partial charge in [0.15, 0.2) is 0 Å². The second-order valence-electron chi connectivity index (χ2n) is 6.56. The van der Waals surface area contributed by atoms with Crippen molar-refractivity contribution in [1.29, 1.82) is 0 Å². The van der Waals surface area contributed by atoms with Crippen LogP contribution in [0.1, 0.15) is 31.6 Å². The largest absolute Gasteiger partial charge is 0.460 e. The average Bonchev–Trinajstić information content (AvgIpc) is 2.66. The van der Waals surface area contributed by atoms with E-state index in [0.717, 1.165) is 17.4 Å². The Kier molecular flexibility index (Phi) is 4.07. The topological polar surface area (TPSA) is 86.4 Å². The molecule has 7 nitrogen and oxygen atoms in total. The van der Waals surface area contributed by atoms with Gasteiger partial charge in [0.05, 0.1) is 11.1 Å². The van der Waals surface area contributed by atoms with Crippen LogP contribution < -0.4 is 16.0 Å². The van der Waals surface area contributed by atoms with E-state index in [1.165, 1.54) is 35.9 Å². The van der Waals surface area contributed by atoms with Crippen LogP contribution in [0.4, 0.5) is 4.39 Å². The third-order valence-electron chi connectivity index (χ3n) is 4.78. The highest BCUT2D eigenvalue weighted by atomic mass is 19.1. The van der Waals surface area contributed by atoms with Gasteiger partial charge in [-0.05, 0) is 30.7 Å². The number of fused-ring (bicyclic) bond motifs is 4. The van der Waals surface area contributed by atoms with Crippen LogP contribution in [-0.4, -0.2) is 19.2 Å². The van der Waals surface area contributed by atoms with Crippen molar-refractivity contribution in [3.63, 3.8) is 0 Å². The first-order chi connectivity index (χ1) is 12.9. The number of aryl methyl sites for hydroxylation is 1. The molecule has 0 unspecified atom stereocenters. The number of pyridine rings is 1. The Bertz CT molecular complexity index is 1180. The van der Waals surface area contributed by atoms with Gasteiger partial charge < -0.3 is 9.84 Å². The van der Waals surface area contributed by atoms with E-state index in [0.29, 0.717) is 17.8 Å². The first-order valence-electron chi connectivity index (χ1n) is 8.71. The van der Waals surface area contributed by atoms with Crippen LogP contribution in [0.25, 0.3) is 22.3 Å². The molecule has 4 rings (SSSR count). The van der Waals surface area contributed by atoms with Gasteiger partial charge in [-0.1, -0.05) is 13.3 Å². The van der Waals surface area contributed by atoms with Crippen molar-refractivity contribution in [1.82, 2.24) is 14.1 Å². The molecule has 0 amide bonds. The van der Waals surface area contributed by atoms with Gasteiger partial charge in [0, 0.05) is 24.7 Å². The molecule has 140 valence electrons. The van der Waals surface area contributed by atoms with Gasteiger partial charge in [-0.15, -0.1) is 0 Å². The summed E-state index contributed by atoms with van der Waals surface area (Å²) >= 11 is 0. The van der Waals surface area contributed by atoms with Crippen molar-refractivity contribution in [2.24, 2.45) is 7.05 Å². The normalized spacial score (nSPS) is 15.3. The summed E-state index contributed by atoms with van der Waals surface area (Å²) in [4.78, 5) is 29.7. The molecule has 0 radical (unpaired) electrons. The van der Waals surface area contributed by atoms with Crippen LogP contribution >= 0.6 is 0 Å². The maximum absolute atomic E-state index is 13.8. The number of benzene rings is 1. The Morgan fingerprint density at radius 1 is 1.30 bits per heavy atom. The first-order valence-corrected chi connectivity index (χ1v) is 8.71. The van der Waals surface area contributed by atoms with E-state index >= 15 is 0 Å². The van der Waals surface area contributed by atoms with Crippen molar-refractivity contribution >= 4 is 11.0 Å². The second-order valence-corrected chi connectivity index (χ2v) is 6.56. The lowest BCUT2D eigenvalue weighted by molar-refractivity contribution is -0.0215. The van der Waals surface area contributed by atoms with Crippen LogP contribution in [0.15, 0.2) is 33.9 Å². The molecule has 0 saturated heterocycles. The Morgan fingerprint density at radius 2 is 2.07 bits per heavy atom. The predicted octanol–water partition coefficient (Wildman–Crippen LogP) is 2.08. The van der Waals surface area contributed by atoms with E-state index in [2.05, 4.69) is 4.98 Å². The summed E-state index contributed by atoms with van der Waals surface area (Å²) in [5.41, 5.74) is 0.190. The molecule has 2 aromatic heterocycles. The van der Waals surface area contributed by atoms with Gasteiger partial charge in [-0.25, -0.2) is 14.2 Å². The van der Waals surface area contributed by atoms with Crippen LogP contribution in [-0.2, 0) is 13.6 Å². The molecule has 8 heteroatoms. The number of aliphatic hydroxyl groups excluding tert-OH is 1. The SMILES string of the molecule is CCCCn1c(=O)n(C)c(=O)c2cc3c(nc21)-c1cc(F)ccc1O[C@H]3O. The molecule has 0 bridgehead atoms. The average molecular weight is 371 g/mol. The number of ether oxygens (including phenoxy) is 1. The number of nitrogens with zero attached hydrogens (tertiary/aromatic N) is 3. The molecule has 0 fully saturated rings. The van der Waals surface area contributed by atoms with Gasteiger partial charge in [-0.2, -0.15) is 0 Å². The highest BCUT2D eigenvalue weighted by Crippen LogP contribution is 2.41. The molecule has 0 aliphatic carbocycles. The summed E-state index contributed by atoms with van der Waals surface area (Å²) in [6.45, 7) is 2.40. The third-order valence-corrected chi connectivity index (χ3v) is 4.78. The summed E-state index contributed by atoms with van der Waals surface area (Å²) in [5, 5.41) is 10.5. The van der Waals surface area contributed by atoms with Crippen molar-refractivity contribution in [3.8, 4) is 17.0 Å². The molecule has 27 heavy (non-hydrogen) atoms. The Balaban J connectivity index is 2.10. The van der Waals surface area contributed by atoms with Crippen LogP contribution in [0.3, 0.4) is 0 Å². The monoisotopic (exact) mass is 371 g/mol. The Hall–Kier alpha value is -3.00. The molecule has 3 aromatic rings. The molecule has 1 N–H and O–H groups in total. The van der Waals surface area contributed by atoms with Gasteiger partial charge in [-0.3, -0.25) is 13.9 Å². The summed E-state index contributed by atoms with van der Waals surface area (Å²) in [5.74, 6) is -0.191. The molecular weight excluding hydrogens is 353 g/mol. The molecule has 1 atom stereocenters. The fourth-order valence-corrected chi connectivity index (χ4v) is 3.32. The zero-order chi connectivity index (χ0) is 19.3. The lowest BCUT2D eigenvalue weighted by Crippen LogP contribution is -2.39. The quantitative estimate of drug-likeness (QED) is 0.762. The third kappa shape index (κ3) is 2.64. The molecule has 3 heterocycles. The summed E-state index contributed by atoms with van der Waals surface area (Å²) in [6.07, 6.45) is 0.265. The molecular formula is C19H18FN3O4. The fraction of sp³-hybridized carbons (Fsp3) is 0.316. The minimum atomic E-state index is -1.34. The summed E-state index contributed by atoms with van der Waals surface area (Å²) in [6, 6.07) is 5.37. The second kappa shape index (κ2) is 6.31. The minimum absolute atomic E-state index is 0.203. The zero-order valence-corrected chi connectivity index (χ0v) is 14.9. The maximum atomic E-state index is 13.8. The van der Waals surface area contributed by atoms with Gasteiger partial charge in [0.1, 0.15) is 17.2 Å². The minimum Gasteiger partial charge on any atom is -0.460 e. The van der Waals surface area contributed by atoms with Crippen molar-refractivity contribution < 1.29 is 14.2 Å². The number of rotatable bonds is 3. The highest BCUT2D eigenvalue weighted by Gasteiger charge is 2.28. The first kappa shape index (κ1) is 17.4. The standard InChI is InChI=1S/C19H18FN3O4/c1-3-4-7-23-16-13(17(24)22(2)19(23)26)9-12-15(21-16)11-8-10(20)5-6-14(11)27-18(12)25/h5-6,8-9,18,25H,3-4,7H2,1-2H3/t18-/m1/s1. The number of aromatic nitrogens is 3. The van der Waals surface area contributed by atoms with E-state index < -0.39 is 23.4 Å². The van der Waals surface area contributed by atoms with E-state index in [1.54, 1.807) is 0 Å². The molecule has 1 aliphatic heterocycles. The molecule has 1 aromatic carbocycles. The summed E-state index contributed by atoms with van der Waals surface area (Å²) in [7, 11) is 1.41. The molecule has 0 saturated carbocycles. The van der Waals surface area contributed by atoms with Gasteiger partial charge in [0.25, 0.3) is 5.56 Å². The van der Waals surface area contributed by atoms with E-state index in [-0.39, 0.29) is 22.3 Å². The number of halogens is 1.